The third-order valence-corrected chi connectivity index (χ3v) is 2.73. The molecular formula is C13H13NO3. The number of amides is 2. The Kier molecular flexibility index (Phi) is 3.04. The minimum absolute atomic E-state index is 0.150. The number of fused-ring (bicyclic) bond motifs is 1. The topological polar surface area (TPSA) is 63.2 Å². The fourth-order valence-corrected chi connectivity index (χ4v) is 1.92. The molecule has 1 aliphatic heterocycles. The predicted octanol–water partition coefficient (Wildman–Crippen LogP) is 1.48. The van der Waals surface area contributed by atoms with E-state index in [4.69, 9.17) is 0 Å². The Morgan fingerprint density at radius 2 is 1.88 bits per heavy atom. The summed E-state index contributed by atoms with van der Waals surface area (Å²) in [5.41, 5.74) is 1.55. The van der Waals surface area contributed by atoms with Crippen LogP contribution in [0, 0.1) is 0 Å². The molecule has 88 valence electrons. The lowest BCUT2D eigenvalue weighted by Crippen LogP contribution is -2.19. The molecule has 0 saturated carbocycles. The van der Waals surface area contributed by atoms with Crippen LogP contribution in [-0.4, -0.2) is 17.6 Å². The van der Waals surface area contributed by atoms with Crippen molar-refractivity contribution in [2.24, 2.45) is 0 Å². The molecule has 0 fully saturated rings. The molecule has 1 N–H and O–H groups in total. The molecule has 4 heteroatoms. The van der Waals surface area contributed by atoms with Crippen LogP contribution >= 0.6 is 0 Å². The molecule has 1 aliphatic rings. The van der Waals surface area contributed by atoms with Crippen LogP contribution in [0.25, 0.3) is 0 Å². The van der Waals surface area contributed by atoms with Crippen molar-refractivity contribution in [3.05, 3.63) is 34.9 Å². The molecule has 0 unspecified atom stereocenters. The van der Waals surface area contributed by atoms with E-state index < -0.39 is 0 Å². The number of Topliss-reactive ketones (excluding diaryl/α,β-unsaturated/α-hetero) is 1. The number of hydrogen-bond acceptors (Lipinski definition) is 3. The van der Waals surface area contributed by atoms with Crippen molar-refractivity contribution in [2.45, 2.75) is 26.2 Å². The molecule has 2 rings (SSSR count). The number of hydrogen-bond donors (Lipinski definition) is 1. The van der Waals surface area contributed by atoms with Crippen LogP contribution in [0.2, 0.25) is 0 Å². The molecule has 0 aromatic heterocycles. The molecule has 0 saturated heterocycles. The van der Waals surface area contributed by atoms with E-state index in [1.165, 1.54) is 0 Å². The highest BCUT2D eigenvalue weighted by atomic mass is 16.2. The highest BCUT2D eigenvalue weighted by molar-refractivity contribution is 6.21. The van der Waals surface area contributed by atoms with Gasteiger partial charge in [0, 0.05) is 12.8 Å². The number of rotatable bonds is 4. The van der Waals surface area contributed by atoms with E-state index in [0.29, 0.717) is 24.0 Å². The quantitative estimate of drug-likeness (QED) is 0.798. The van der Waals surface area contributed by atoms with Crippen LogP contribution in [-0.2, 0) is 11.2 Å². The molecule has 1 heterocycles. The van der Waals surface area contributed by atoms with Crippen molar-refractivity contribution in [3.8, 4) is 0 Å². The Balaban J connectivity index is 2.23. The lowest BCUT2D eigenvalue weighted by molar-refractivity contribution is -0.118. The van der Waals surface area contributed by atoms with Gasteiger partial charge in [0.1, 0.15) is 5.78 Å². The van der Waals surface area contributed by atoms with E-state index in [2.05, 4.69) is 5.32 Å². The van der Waals surface area contributed by atoms with Gasteiger partial charge in [0.25, 0.3) is 11.8 Å². The Morgan fingerprint density at radius 1 is 1.18 bits per heavy atom. The van der Waals surface area contributed by atoms with E-state index in [1.807, 2.05) is 6.92 Å². The summed E-state index contributed by atoms with van der Waals surface area (Å²) in [5.74, 6) is -0.594. The Hall–Kier alpha value is -1.97. The van der Waals surface area contributed by atoms with Crippen LogP contribution in [0.1, 0.15) is 46.0 Å². The van der Waals surface area contributed by atoms with E-state index >= 15 is 0 Å². The maximum absolute atomic E-state index is 11.5. The van der Waals surface area contributed by atoms with Gasteiger partial charge in [-0.25, -0.2) is 0 Å². The summed E-state index contributed by atoms with van der Waals surface area (Å²) in [7, 11) is 0. The predicted molar refractivity (Wildman–Crippen MR) is 61.9 cm³/mol. The van der Waals surface area contributed by atoms with Gasteiger partial charge in [-0.1, -0.05) is 13.0 Å². The smallest absolute Gasteiger partial charge is 0.258 e. The Labute approximate surface area is 99.0 Å². The highest BCUT2D eigenvalue weighted by Crippen LogP contribution is 2.18. The molecule has 4 nitrogen and oxygen atoms in total. The van der Waals surface area contributed by atoms with Gasteiger partial charge >= 0.3 is 0 Å². The molecule has 2 amide bonds. The summed E-state index contributed by atoms with van der Waals surface area (Å²) >= 11 is 0. The van der Waals surface area contributed by atoms with Crippen LogP contribution in [0.15, 0.2) is 18.2 Å². The van der Waals surface area contributed by atoms with E-state index in [0.717, 1.165) is 12.0 Å². The second-order valence-electron chi connectivity index (χ2n) is 4.13. The van der Waals surface area contributed by atoms with Gasteiger partial charge in [0.05, 0.1) is 11.1 Å². The zero-order valence-electron chi connectivity index (χ0n) is 9.58. The Morgan fingerprint density at radius 3 is 2.59 bits per heavy atom. The summed E-state index contributed by atoms with van der Waals surface area (Å²) in [4.78, 5) is 34.2. The molecule has 0 atom stereocenters. The molecule has 17 heavy (non-hydrogen) atoms. The first kappa shape index (κ1) is 11.5. The third-order valence-electron chi connectivity index (χ3n) is 2.73. The zero-order chi connectivity index (χ0) is 12.4. The average Bonchev–Trinajstić information content (AvgIpc) is 2.55. The molecule has 0 aliphatic carbocycles. The van der Waals surface area contributed by atoms with E-state index in [-0.39, 0.29) is 17.6 Å². The fourth-order valence-electron chi connectivity index (χ4n) is 1.92. The summed E-state index contributed by atoms with van der Waals surface area (Å²) < 4.78 is 0. The second kappa shape index (κ2) is 4.49. The minimum atomic E-state index is -0.380. The first-order chi connectivity index (χ1) is 8.11. The van der Waals surface area contributed by atoms with Crippen LogP contribution in [0.3, 0.4) is 0 Å². The van der Waals surface area contributed by atoms with Crippen LogP contribution < -0.4 is 5.32 Å². The minimum Gasteiger partial charge on any atom is -0.299 e. The number of benzene rings is 1. The third kappa shape index (κ3) is 2.25. The second-order valence-corrected chi connectivity index (χ2v) is 4.13. The molecular weight excluding hydrogens is 218 g/mol. The van der Waals surface area contributed by atoms with Gasteiger partial charge in [0.2, 0.25) is 0 Å². The van der Waals surface area contributed by atoms with Gasteiger partial charge in [-0.3, -0.25) is 19.7 Å². The van der Waals surface area contributed by atoms with Gasteiger partial charge in [-0.15, -0.1) is 0 Å². The first-order valence-electron chi connectivity index (χ1n) is 5.62. The SMILES string of the molecule is CCCC(=O)Cc1ccc2c(c1)C(=O)NC2=O. The van der Waals surface area contributed by atoms with Crippen molar-refractivity contribution >= 4 is 17.6 Å². The highest BCUT2D eigenvalue weighted by Gasteiger charge is 2.26. The van der Waals surface area contributed by atoms with Gasteiger partial charge in [-0.05, 0) is 24.1 Å². The summed E-state index contributed by atoms with van der Waals surface area (Å²) in [5, 5.41) is 2.23. The number of nitrogens with one attached hydrogen (secondary N) is 1. The Bertz CT molecular complexity index is 505. The summed E-state index contributed by atoms with van der Waals surface area (Å²) in [6.45, 7) is 1.95. The number of imide groups is 1. The van der Waals surface area contributed by atoms with Crippen LogP contribution in [0.4, 0.5) is 0 Å². The van der Waals surface area contributed by atoms with Crippen molar-refractivity contribution in [3.63, 3.8) is 0 Å². The molecule has 0 bridgehead atoms. The van der Waals surface area contributed by atoms with Gasteiger partial charge in [-0.2, -0.15) is 0 Å². The molecule has 1 aromatic carbocycles. The van der Waals surface area contributed by atoms with Crippen LogP contribution in [0.5, 0.6) is 0 Å². The van der Waals surface area contributed by atoms with Crippen molar-refractivity contribution < 1.29 is 14.4 Å². The van der Waals surface area contributed by atoms with Crippen molar-refractivity contribution in [1.29, 1.82) is 0 Å². The normalized spacial score (nSPS) is 13.5. The standard InChI is InChI=1S/C13H13NO3/c1-2-3-9(15)6-8-4-5-10-11(7-8)13(17)14-12(10)16/h4-5,7H,2-3,6H2,1H3,(H,14,16,17). The number of carbonyl (C=O) groups is 3. The monoisotopic (exact) mass is 231 g/mol. The first-order valence-corrected chi connectivity index (χ1v) is 5.62. The van der Waals surface area contributed by atoms with E-state index in [1.54, 1.807) is 18.2 Å². The zero-order valence-corrected chi connectivity index (χ0v) is 9.58. The molecule has 0 radical (unpaired) electrons. The van der Waals surface area contributed by atoms with Crippen molar-refractivity contribution in [1.82, 2.24) is 5.32 Å². The number of carbonyl (C=O) groups excluding carboxylic acids is 3. The lowest BCUT2D eigenvalue weighted by Gasteiger charge is -2.01. The average molecular weight is 231 g/mol. The molecule has 1 aromatic rings. The van der Waals surface area contributed by atoms with E-state index in [9.17, 15) is 14.4 Å². The summed E-state index contributed by atoms with van der Waals surface area (Å²) in [6, 6.07) is 4.96. The molecule has 0 spiro atoms. The van der Waals surface area contributed by atoms with Crippen molar-refractivity contribution in [2.75, 3.05) is 0 Å². The maximum atomic E-state index is 11.5. The van der Waals surface area contributed by atoms with Gasteiger partial charge < -0.3 is 0 Å². The number of ketones is 1. The summed E-state index contributed by atoms with van der Waals surface area (Å²) in [6.07, 6.45) is 1.69. The lowest BCUT2D eigenvalue weighted by atomic mass is 10.0. The fraction of sp³-hybridized carbons (Fsp3) is 0.308. The maximum Gasteiger partial charge on any atom is 0.258 e. The largest absolute Gasteiger partial charge is 0.299 e. The van der Waals surface area contributed by atoms with Gasteiger partial charge in [0.15, 0.2) is 0 Å².